The number of guanidine groups is 1. The van der Waals surface area contributed by atoms with Gasteiger partial charge in [-0.15, -0.1) is 35.3 Å². The van der Waals surface area contributed by atoms with Gasteiger partial charge >= 0.3 is 0 Å². The molecule has 1 aliphatic carbocycles. The molecule has 1 fully saturated rings. The molecule has 0 spiro atoms. The Kier molecular flexibility index (Phi) is 11.7. The number of aromatic nitrogens is 1. The first-order valence-electron chi connectivity index (χ1n) is 9.64. The Labute approximate surface area is 179 Å². The second-order valence-corrected chi connectivity index (χ2v) is 7.94. The van der Waals surface area contributed by atoms with Crippen LogP contribution in [0.25, 0.3) is 0 Å². The third-order valence-corrected chi connectivity index (χ3v) is 5.69. The number of nitrogens with zero attached hydrogens (tertiary/aromatic N) is 2. The molecule has 0 aliphatic heterocycles. The van der Waals surface area contributed by atoms with E-state index in [1.54, 1.807) is 11.3 Å². The second kappa shape index (κ2) is 12.9. The Morgan fingerprint density at radius 1 is 1.35 bits per heavy atom. The molecular weight excluding hydrogens is 459 g/mol. The van der Waals surface area contributed by atoms with Crippen LogP contribution in [0.4, 0.5) is 0 Å². The summed E-state index contributed by atoms with van der Waals surface area (Å²) in [4.78, 5) is 8.97. The van der Waals surface area contributed by atoms with Gasteiger partial charge in [0.25, 0.3) is 0 Å². The Hall–Kier alpha value is -0.410. The third kappa shape index (κ3) is 7.68. The highest BCUT2D eigenvalue weighted by Crippen LogP contribution is 2.30. The van der Waals surface area contributed by atoms with Gasteiger partial charge in [-0.25, -0.2) is 4.98 Å². The lowest BCUT2D eigenvalue weighted by Crippen LogP contribution is -2.39. The van der Waals surface area contributed by atoms with Gasteiger partial charge < -0.3 is 15.4 Å². The van der Waals surface area contributed by atoms with E-state index in [4.69, 9.17) is 4.74 Å². The number of hydrogen-bond donors (Lipinski definition) is 2. The SMILES string of the molecule is CCOC(CCNC(=NC)NCc1nc(C(C)C)cs1)C1CCCC1.I. The van der Waals surface area contributed by atoms with Crippen molar-refractivity contribution in [3.05, 3.63) is 16.1 Å². The molecule has 0 saturated heterocycles. The molecule has 1 aliphatic rings. The minimum atomic E-state index is 0. The van der Waals surface area contributed by atoms with Crippen LogP contribution in [0.3, 0.4) is 0 Å². The average molecular weight is 494 g/mol. The quantitative estimate of drug-likeness (QED) is 0.301. The molecule has 0 amide bonds. The van der Waals surface area contributed by atoms with Gasteiger partial charge in [-0.3, -0.25) is 4.99 Å². The van der Waals surface area contributed by atoms with Gasteiger partial charge in [0.05, 0.1) is 18.3 Å². The van der Waals surface area contributed by atoms with Crippen molar-refractivity contribution in [1.82, 2.24) is 15.6 Å². The highest BCUT2D eigenvalue weighted by atomic mass is 127. The number of hydrogen-bond acceptors (Lipinski definition) is 4. The summed E-state index contributed by atoms with van der Waals surface area (Å²) < 4.78 is 5.99. The summed E-state index contributed by atoms with van der Waals surface area (Å²) in [5, 5.41) is 10.0. The summed E-state index contributed by atoms with van der Waals surface area (Å²) in [5.41, 5.74) is 1.17. The number of ether oxygens (including phenoxy) is 1. The standard InChI is InChI=1S/C19H34N4OS.HI/c1-5-24-17(15-8-6-7-9-15)10-11-21-19(20-4)22-12-18-23-16(13-25-18)14(2)3;/h13-15,17H,5-12H2,1-4H3,(H2,20,21,22);1H. The fourth-order valence-electron chi connectivity index (χ4n) is 3.38. The van der Waals surface area contributed by atoms with Crippen LogP contribution in [0, 0.1) is 5.92 Å². The van der Waals surface area contributed by atoms with Gasteiger partial charge in [0, 0.05) is 25.6 Å². The molecule has 0 aromatic carbocycles. The first-order valence-corrected chi connectivity index (χ1v) is 10.5. The molecular formula is C19H35IN4OS. The molecule has 1 saturated carbocycles. The summed E-state index contributed by atoms with van der Waals surface area (Å²) >= 11 is 1.71. The summed E-state index contributed by atoms with van der Waals surface area (Å²) in [6.45, 7) is 8.84. The van der Waals surface area contributed by atoms with Crippen molar-refractivity contribution in [1.29, 1.82) is 0 Å². The van der Waals surface area contributed by atoms with Crippen molar-refractivity contribution in [3.8, 4) is 0 Å². The summed E-state index contributed by atoms with van der Waals surface area (Å²) in [7, 11) is 1.81. The fourth-order valence-corrected chi connectivity index (χ4v) is 4.28. The van der Waals surface area contributed by atoms with E-state index in [0.29, 0.717) is 18.6 Å². The maximum absolute atomic E-state index is 5.99. The summed E-state index contributed by atoms with van der Waals surface area (Å²) in [6, 6.07) is 0. The molecule has 5 nitrogen and oxygen atoms in total. The number of aliphatic imine (C=N–C) groups is 1. The van der Waals surface area contributed by atoms with Crippen molar-refractivity contribution in [3.63, 3.8) is 0 Å². The molecule has 2 rings (SSSR count). The van der Waals surface area contributed by atoms with Crippen LogP contribution in [0.15, 0.2) is 10.4 Å². The van der Waals surface area contributed by atoms with Crippen LogP contribution < -0.4 is 10.6 Å². The molecule has 0 radical (unpaired) electrons. The zero-order chi connectivity index (χ0) is 18.1. The smallest absolute Gasteiger partial charge is 0.191 e. The van der Waals surface area contributed by atoms with Crippen LogP contribution in [-0.2, 0) is 11.3 Å². The molecule has 1 atom stereocenters. The minimum absolute atomic E-state index is 0. The van der Waals surface area contributed by atoms with Crippen molar-refractivity contribution in [2.75, 3.05) is 20.2 Å². The third-order valence-electron chi connectivity index (χ3n) is 4.82. The van der Waals surface area contributed by atoms with E-state index in [1.807, 2.05) is 7.05 Å². The van der Waals surface area contributed by atoms with Crippen molar-refractivity contribution in [2.24, 2.45) is 10.9 Å². The van der Waals surface area contributed by atoms with Crippen molar-refractivity contribution >= 4 is 41.3 Å². The van der Waals surface area contributed by atoms with Crippen molar-refractivity contribution < 1.29 is 4.74 Å². The molecule has 2 N–H and O–H groups in total. The van der Waals surface area contributed by atoms with Gasteiger partial charge in [0.1, 0.15) is 5.01 Å². The van der Waals surface area contributed by atoms with Crippen LogP contribution >= 0.6 is 35.3 Å². The van der Waals surface area contributed by atoms with Crippen LogP contribution in [0.1, 0.15) is 69.5 Å². The zero-order valence-electron chi connectivity index (χ0n) is 16.6. The Morgan fingerprint density at radius 3 is 2.65 bits per heavy atom. The first-order chi connectivity index (χ1) is 12.1. The number of rotatable bonds is 9. The predicted molar refractivity (Wildman–Crippen MR) is 122 cm³/mol. The number of nitrogens with one attached hydrogen (secondary N) is 2. The lowest BCUT2D eigenvalue weighted by Gasteiger charge is -2.23. The number of thiazole rings is 1. The Bertz CT molecular complexity index is 529. The predicted octanol–water partition coefficient (Wildman–Crippen LogP) is 4.53. The molecule has 1 aromatic heterocycles. The lowest BCUT2D eigenvalue weighted by molar-refractivity contribution is 0.0169. The van der Waals surface area contributed by atoms with Crippen LogP contribution in [0.5, 0.6) is 0 Å². The lowest BCUT2D eigenvalue weighted by atomic mass is 9.98. The fraction of sp³-hybridized carbons (Fsp3) is 0.789. The van der Waals surface area contributed by atoms with Crippen LogP contribution in [-0.4, -0.2) is 37.2 Å². The highest BCUT2D eigenvalue weighted by molar-refractivity contribution is 14.0. The summed E-state index contributed by atoms with van der Waals surface area (Å²) in [5.74, 6) is 2.05. The Balaban J connectivity index is 0.00000338. The van der Waals surface area contributed by atoms with E-state index >= 15 is 0 Å². The number of halogens is 1. The van der Waals surface area contributed by atoms with Gasteiger partial charge in [0.15, 0.2) is 5.96 Å². The van der Waals surface area contributed by atoms with E-state index in [0.717, 1.165) is 36.5 Å². The normalized spacial score (nSPS) is 16.6. The largest absolute Gasteiger partial charge is 0.378 e. The van der Waals surface area contributed by atoms with Gasteiger partial charge in [-0.1, -0.05) is 26.7 Å². The van der Waals surface area contributed by atoms with Gasteiger partial charge in [-0.05, 0) is 38.0 Å². The topological polar surface area (TPSA) is 58.5 Å². The molecule has 150 valence electrons. The van der Waals surface area contributed by atoms with E-state index in [1.165, 1.54) is 31.4 Å². The monoisotopic (exact) mass is 494 g/mol. The highest BCUT2D eigenvalue weighted by Gasteiger charge is 2.25. The molecule has 26 heavy (non-hydrogen) atoms. The second-order valence-electron chi connectivity index (χ2n) is 7.00. The molecule has 7 heteroatoms. The summed E-state index contributed by atoms with van der Waals surface area (Å²) in [6.07, 6.45) is 6.77. The van der Waals surface area contributed by atoms with E-state index in [2.05, 4.69) is 46.8 Å². The van der Waals surface area contributed by atoms with E-state index in [9.17, 15) is 0 Å². The van der Waals surface area contributed by atoms with Crippen LogP contribution in [0.2, 0.25) is 0 Å². The molecule has 1 unspecified atom stereocenters. The minimum Gasteiger partial charge on any atom is -0.378 e. The zero-order valence-corrected chi connectivity index (χ0v) is 19.7. The molecule has 1 aromatic rings. The van der Waals surface area contributed by atoms with Gasteiger partial charge in [-0.2, -0.15) is 0 Å². The average Bonchev–Trinajstić information content (AvgIpc) is 3.28. The maximum Gasteiger partial charge on any atom is 0.191 e. The first kappa shape index (κ1) is 23.6. The van der Waals surface area contributed by atoms with Gasteiger partial charge in [0.2, 0.25) is 0 Å². The molecule has 1 heterocycles. The maximum atomic E-state index is 5.99. The van der Waals surface area contributed by atoms with E-state index < -0.39 is 0 Å². The molecule has 0 bridgehead atoms. The van der Waals surface area contributed by atoms with E-state index in [-0.39, 0.29) is 24.0 Å². The van der Waals surface area contributed by atoms with Crippen molar-refractivity contribution in [2.45, 2.75) is 71.4 Å². The Morgan fingerprint density at radius 2 is 2.08 bits per heavy atom.